The SMILES string of the molecule is CC(Cl)C(=O)c1c(Br)cccc1OC(F)F. The summed E-state index contributed by atoms with van der Waals surface area (Å²) in [5.74, 6) is -0.647. The van der Waals surface area contributed by atoms with Crippen LogP contribution in [0.1, 0.15) is 17.3 Å². The van der Waals surface area contributed by atoms with Crippen molar-refractivity contribution < 1.29 is 18.3 Å². The molecule has 1 aromatic carbocycles. The van der Waals surface area contributed by atoms with E-state index in [9.17, 15) is 13.6 Å². The summed E-state index contributed by atoms with van der Waals surface area (Å²) in [5.41, 5.74) is 0.0327. The molecule has 0 bridgehead atoms. The number of carbonyl (C=O) groups excluding carboxylic acids is 1. The Morgan fingerprint density at radius 3 is 2.62 bits per heavy atom. The van der Waals surface area contributed by atoms with Gasteiger partial charge in [0.05, 0.1) is 10.9 Å². The first-order chi connectivity index (χ1) is 7.43. The zero-order valence-electron chi connectivity index (χ0n) is 8.22. The molecule has 0 aliphatic carbocycles. The van der Waals surface area contributed by atoms with E-state index < -0.39 is 17.8 Å². The van der Waals surface area contributed by atoms with Gasteiger partial charge in [-0.3, -0.25) is 4.79 Å². The third kappa shape index (κ3) is 3.15. The van der Waals surface area contributed by atoms with Crippen LogP contribution in [0, 0.1) is 0 Å². The molecule has 6 heteroatoms. The highest BCUT2D eigenvalue weighted by molar-refractivity contribution is 9.10. The summed E-state index contributed by atoms with van der Waals surface area (Å²) in [6, 6.07) is 4.35. The molecule has 1 atom stereocenters. The van der Waals surface area contributed by atoms with Crippen molar-refractivity contribution in [3.8, 4) is 5.75 Å². The maximum absolute atomic E-state index is 12.1. The van der Waals surface area contributed by atoms with Gasteiger partial charge in [0.1, 0.15) is 5.75 Å². The van der Waals surface area contributed by atoms with E-state index in [-0.39, 0.29) is 11.3 Å². The fourth-order valence-electron chi connectivity index (χ4n) is 1.14. The van der Waals surface area contributed by atoms with E-state index in [1.165, 1.54) is 19.1 Å². The average Bonchev–Trinajstić information content (AvgIpc) is 2.16. The summed E-state index contributed by atoms with van der Waals surface area (Å²) in [6.07, 6.45) is 0. The molecule has 0 spiro atoms. The first-order valence-corrected chi connectivity index (χ1v) is 5.58. The molecule has 16 heavy (non-hydrogen) atoms. The molecule has 1 rings (SSSR count). The Balaban J connectivity index is 3.18. The van der Waals surface area contributed by atoms with Crippen molar-refractivity contribution in [1.82, 2.24) is 0 Å². The first kappa shape index (κ1) is 13.4. The second kappa shape index (κ2) is 5.59. The number of benzene rings is 1. The van der Waals surface area contributed by atoms with E-state index in [1.54, 1.807) is 6.07 Å². The zero-order chi connectivity index (χ0) is 12.3. The van der Waals surface area contributed by atoms with Gasteiger partial charge in [0.15, 0.2) is 5.78 Å². The van der Waals surface area contributed by atoms with E-state index in [1.807, 2.05) is 0 Å². The summed E-state index contributed by atoms with van der Waals surface area (Å²) in [4.78, 5) is 11.7. The van der Waals surface area contributed by atoms with Gasteiger partial charge in [-0.15, -0.1) is 11.6 Å². The van der Waals surface area contributed by atoms with Crippen molar-refractivity contribution in [2.45, 2.75) is 18.9 Å². The van der Waals surface area contributed by atoms with Gasteiger partial charge in [-0.1, -0.05) is 6.07 Å². The third-order valence-electron chi connectivity index (χ3n) is 1.80. The molecule has 0 radical (unpaired) electrons. The van der Waals surface area contributed by atoms with E-state index in [0.717, 1.165) is 0 Å². The second-order valence-electron chi connectivity index (χ2n) is 2.97. The molecule has 0 saturated carbocycles. The average molecular weight is 314 g/mol. The summed E-state index contributed by atoms with van der Waals surface area (Å²) in [5, 5.41) is -0.807. The number of hydrogen-bond acceptors (Lipinski definition) is 2. The van der Waals surface area contributed by atoms with Crippen molar-refractivity contribution >= 4 is 33.3 Å². The lowest BCUT2D eigenvalue weighted by Crippen LogP contribution is -2.14. The van der Waals surface area contributed by atoms with Crippen LogP contribution in [0.2, 0.25) is 0 Å². The summed E-state index contributed by atoms with van der Waals surface area (Å²) >= 11 is 8.73. The molecule has 0 aromatic heterocycles. The fourth-order valence-corrected chi connectivity index (χ4v) is 1.79. The minimum Gasteiger partial charge on any atom is -0.434 e. The molecule has 1 aromatic rings. The van der Waals surface area contributed by atoms with Gasteiger partial charge in [-0.05, 0) is 35.0 Å². The van der Waals surface area contributed by atoms with E-state index in [2.05, 4.69) is 20.7 Å². The van der Waals surface area contributed by atoms with Crippen molar-refractivity contribution in [2.75, 3.05) is 0 Å². The quantitative estimate of drug-likeness (QED) is 0.623. The highest BCUT2D eigenvalue weighted by Crippen LogP contribution is 2.30. The van der Waals surface area contributed by atoms with Crippen LogP contribution in [-0.2, 0) is 0 Å². The van der Waals surface area contributed by atoms with Gasteiger partial charge < -0.3 is 4.74 Å². The molecule has 1 unspecified atom stereocenters. The highest BCUT2D eigenvalue weighted by atomic mass is 79.9. The van der Waals surface area contributed by atoms with Crippen LogP contribution in [0.5, 0.6) is 5.75 Å². The van der Waals surface area contributed by atoms with E-state index >= 15 is 0 Å². The molecule has 0 saturated heterocycles. The molecule has 0 N–H and O–H groups in total. The van der Waals surface area contributed by atoms with Gasteiger partial charge in [-0.2, -0.15) is 8.78 Å². The zero-order valence-corrected chi connectivity index (χ0v) is 10.6. The van der Waals surface area contributed by atoms with Gasteiger partial charge in [0, 0.05) is 4.47 Å². The molecular formula is C10H8BrClF2O2. The van der Waals surface area contributed by atoms with Gasteiger partial charge >= 0.3 is 6.61 Å². The van der Waals surface area contributed by atoms with Crippen molar-refractivity contribution in [3.05, 3.63) is 28.2 Å². The molecule has 2 nitrogen and oxygen atoms in total. The molecular weight excluding hydrogens is 305 g/mol. The largest absolute Gasteiger partial charge is 0.434 e. The molecule has 0 amide bonds. The third-order valence-corrected chi connectivity index (χ3v) is 2.66. The number of halogens is 4. The van der Waals surface area contributed by atoms with Gasteiger partial charge in [0.25, 0.3) is 0 Å². The monoisotopic (exact) mass is 312 g/mol. The Bertz CT molecular complexity index is 396. The van der Waals surface area contributed by atoms with Crippen LogP contribution >= 0.6 is 27.5 Å². The van der Waals surface area contributed by atoms with Gasteiger partial charge in [0.2, 0.25) is 0 Å². The number of Topliss-reactive ketones (excluding diaryl/α,β-unsaturated/α-hetero) is 1. The number of ether oxygens (including phenoxy) is 1. The summed E-state index contributed by atoms with van der Waals surface area (Å²) in [7, 11) is 0. The lowest BCUT2D eigenvalue weighted by Gasteiger charge is -2.12. The Kier molecular flexibility index (Phi) is 4.68. The molecule has 0 aliphatic heterocycles. The Morgan fingerprint density at radius 1 is 1.50 bits per heavy atom. The van der Waals surface area contributed by atoms with Crippen LogP contribution < -0.4 is 4.74 Å². The second-order valence-corrected chi connectivity index (χ2v) is 4.48. The van der Waals surface area contributed by atoms with E-state index in [0.29, 0.717) is 4.47 Å². The van der Waals surface area contributed by atoms with Crippen LogP contribution in [0.4, 0.5) is 8.78 Å². The summed E-state index contributed by atoms with van der Waals surface area (Å²) in [6.45, 7) is -1.51. The Labute approximate surface area is 105 Å². The van der Waals surface area contributed by atoms with Crippen LogP contribution in [-0.4, -0.2) is 17.8 Å². The molecule has 0 heterocycles. The Morgan fingerprint density at radius 2 is 2.12 bits per heavy atom. The smallest absolute Gasteiger partial charge is 0.387 e. The standard InChI is InChI=1S/C10H8BrClF2O2/c1-5(12)9(15)8-6(11)3-2-4-7(8)16-10(13)14/h2-5,10H,1H3. The van der Waals surface area contributed by atoms with Crippen molar-refractivity contribution in [2.24, 2.45) is 0 Å². The number of hydrogen-bond donors (Lipinski definition) is 0. The number of carbonyl (C=O) groups is 1. The van der Waals surface area contributed by atoms with Crippen LogP contribution in [0.25, 0.3) is 0 Å². The minimum absolute atomic E-state index is 0.0327. The minimum atomic E-state index is -2.98. The number of alkyl halides is 3. The lowest BCUT2D eigenvalue weighted by molar-refractivity contribution is -0.0501. The van der Waals surface area contributed by atoms with Crippen molar-refractivity contribution in [3.63, 3.8) is 0 Å². The fraction of sp³-hybridized carbons (Fsp3) is 0.300. The predicted molar refractivity (Wildman–Crippen MR) is 60.4 cm³/mol. The predicted octanol–water partition coefficient (Wildman–Crippen LogP) is 3.86. The number of ketones is 1. The summed E-state index contributed by atoms with van der Waals surface area (Å²) < 4.78 is 28.9. The van der Waals surface area contributed by atoms with Crippen LogP contribution in [0.3, 0.4) is 0 Å². The van der Waals surface area contributed by atoms with Crippen LogP contribution in [0.15, 0.2) is 22.7 Å². The molecule has 0 aliphatic rings. The Hall–Kier alpha value is -0.680. The van der Waals surface area contributed by atoms with Crippen molar-refractivity contribution in [1.29, 1.82) is 0 Å². The molecule has 88 valence electrons. The van der Waals surface area contributed by atoms with Gasteiger partial charge in [-0.25, -0.2) is 0 Å². The maximum atomic E-state index is 12.1. The maximum Gasteiger partial charge on any atom is 0.387 e. The van der Waals surface area contributed by atoms with E-state index in [4.69, 9.17) is 11.6 Å². The topological polar surface area (TPSA) is 26.3 Å². The highest BCUT2D eigenvalue weighted by Gasteiger charge is 2.21. The number of rotatable bonds is 4. The molecule has 0 fully saturated rings. The lowest BCUT2D eigenvalue weighted by atomic mass is 10.1. The normalized spacial score (nSPS) is 12.6. The first-order valence-electron chi connectivity index (χ1n) is 4.35.